The number of rotatable bonds is 0. The highest BCUT2D eigenvalue weighted by Crippen LogP contribution is 2.44. The number of nitrogens with two attached hydrogens (primary N) is 1. The molecule has 3 rings (SSSR count). The first kappa shape index (κ1) is 7.57. The Morgan fingerprint density at radius 1 is 1.15 bits per heavy atom. The molecule has 0 aliphatic heterocycles. The molecular weight excluding hydrogens is 158 g/mol. The SMILES string of the molecule is N[C@@H]1[C@H]2CC[C@@H]1c1ccccc1C2. The summed E-state index contributed by atoms with van der Waals surface area (Å²) in [6, 6.07) is 9.27. The number of benzene rings is 1. The Balaban J connectivity index is 2.12. The lowest BCUT2D eigenvalue weighted by atomic mass is 9.80. The van der Waals surface area contributed by atoms with Crippen molar-refractivity contribution in [3.63, 3.8) is 0 Å². The highest BCUT2D eigenvalue weighted by atomic mass is 14.7. The van der Waals surface area contributed by atoms with Gasteiger partial charge in [-0.15, -0.1) is 0 Å². The molecule has 0 saturated heterocycles. The van der Waals surface area contributed by atoms with Gasteiger partial charge in [-0.3, -0.25) is 0 Å². The molecule has 1 saturated carbocycles. The van der Waals surface area contributed by atoms with E-state index in [1.54, 1.807) is 5.56 Å². The molecule has 1 fully saturated rings. The molecule has 2 bridgehead atoms. The molecule has 3 atom stereocenters. The molecule has 0 amide bonds. The molecule has 1 heteroatoms. The van der Waals surface area contributed by atoms with Crippen molar-refractivity contribution in [3.8, 4) is 0 Å². The fourth-order valence-electron chi connectivity index (χ4n) is 3.07. The van der Waals surface area contributed by atoms with Gasteiger partial charge in [0.2, 0.25) is 0 Å². The summed E-state index contributed by atoms with van der Waals surface area (Å²) in [4.78, 5) is 0. The van der Waals surface area contributed by atoms with E-state index >= 15 is 0 Å². The maximum absolute atomic E-state index is 6.20. The third-order valence-electron chi connectivity index (χ3n) is 3.79. The van der Waals surface area contributed by atoms with Crippen molar-refractivity contribution < 1.29 is 0 Å². The van der Waals surface area contributed by atoms with Crippen LogP contribution in [-0.4, -0.2) is 6.04 Å². The van der Waals surface area contributed by atoms with E-state index < -0.39 is 0 Å². The van der Waals surface area contributed by atoms with Crippen molar-refractivity contribution in [1.82, 2.24) is 0 Å². The minimum atomic E-state index is 0.440. The Kier molecular flexibility index (Phi) is 1.50. The van der Waals surface area contributed by atoms with Gasteiger partial charge in [0.25, 0.3) is 0 Å². The first-order valence-corrected chi connectivity index (χ1v) is 5.19. The van der Waals surface area contributed by atoms with Crippen LogP contribution in [0.15, 0.2) is 24.3 Å². The summed E-state index contributed by atoms with van der Waals surface area (Å²) in [5.41, 5.74) is 9.28. The van der Waals surface area contributed by atoms with E-state index in [-0.39, 0.29) is 0 Å². The zero-order valence-electron chi connectivity index (χ0n) is 7.74. The van der Waals surface area contributed by atoms with Crippen LogP contribution in [0.1, 0.15) is 29.9 Å². The zero-order chi connectivity index (χ0) is 8.84. The van der Waals surface area contributed by atoms with Gasteiger partial charge in [-0.2, -0.15) is 0 Å². The van der Waals surface area contributed by atoms with Crippen LogP contribution < -0.4 is 5.73 Å². The summed E-state index contributed by atoms with van der Waals surface area (Å²) in [6.07, 6.45) is 3.86. The van der Waals surface area contributed by atoms with Crippen molar-refractivity contribution in [2.75, 3.05) is 0 Å². The Morgan fingerprint density at radius 3 is 2.92 bits per heavy atom. The van der Waals surface area contributed by atoms with Crippen molar-refractivity contribution in [1.29, 1.82) is 0 Å². The summed E-state index contributed by atoms with van der Waals surface area (Å²) >= 11 is 0. The third-order valence-corrected chi connectivity index (χ3v) is 3.79. The molecule has 2 aliphatic carbocycles. The van der Waals surface area contributed by atoms with Crippen LogP contribution in [0.5, 0.6) is 0 Å². The van der Waals surface area contributed by atoms with Crippen molar-refractivity contribution in [3.05, 3.63) is 35.4 Å². The number of hydrogen-bond acceptors (Lipinski definition) is 1. The van der Waals surface area contributed by atoms with Gasteiger partial charge in [-0.1, -0.05) is 24.3 Å². The van der Waals surface area contributed by atoms with Crippen LogP contribution in [0.2, 0.25) is 0 Å². The monoisotopic (exact) mass is 173 g/mol. The maximum Gasteiger partial charge on any atom is 0.0140 e. The van der Waals surface area contributed by atoms with Crippen LogP contribution in [-0.2, 0) is 6.42 Å². The Morgan fingerprint density at radius 2 is 2.00 bits per heavy atom. The first-order valence-electron chi connectivity index (χ1n) is 5.19. The van der Waals surface area contributed by atoms with Gasteiger partial charge in [0.1, 0.15) is 0 Å². The molecule has 1 aromatic rings. The maximum atomic E-state index is 6.20. The van der Waals surface area contributed by atoms with E-state index in [0.717, 1.165) is 5.92 Å². The second-order valence-corrected chi connectivity index (χ2v) is 4.42. The molecule has 0 aromatic heterocycles. The Hall–Kier alpha value is -0.820. The molecule has 2 N–H and O–H groups in total. The van der Waals surface area contributed by atoms with E-state index in [0.29, 0.717) is 12.0 Å². The van der Waals surface area contributed by atoms with Crippen LogP contribution in [0, 0.1) is 5.92 Å². The van der Waals surface area contributed by atoms with Gasteiger partial charge in [0, 0.05) is 6.04 Å². The quantitative estimate of drug-likeness (QED) is 0.638. The van der Waals surface area contributed by atoms with E-state index in [2.05, 4.69) is 24.3 Å². The first-order chi connectivity index (χ1) is 6.36. The Labute approximate surface area is 78.9 Å². The second-order valence-electron chi connectivity index (χ2n) is 4.42. The van der Waals surface area contributed by atoms with Gasteiger partial charge in [0.05, 0.1) is 0 Å². The predicted octanol–water partition coefficient (Wildman–Crippen LogP) is 2.06. The van der Waals surface area contributed by atoms with Crippen LogP contribution in [0.25, 0.3) is 0 Å². The van der Waals surface area contributed by atoms with Crippen molar-refractivity contribution >= 4 is 0 Å². The summed E-state index contributed by atoms with van der Waals surface area (Å²) < 4.78 is 0. The minimum absolute atomic E-state index is 0.440. The topological polar surface area (TPSA) is 26.0 Å². The Bertz CT molecular complexity index is 332. The fourth-order valence-corrected chi connectivity index (χ4v) is 3.07. The zero-order valence-corrected chi connectivity index (χ0v) is 7.74. The smallest absolute Gasteiger partial charge is 0.0140 e. The van der Waals surface area contributed by atoms with Crippen molar-refractivity contribution in [2.24, 2.45) is 11.7 Å². The van der Waals surface area contributed by atoms with Crippen molar-refractivity contribution in [2.45, 2.75) is 31.2 Å². The van der Waals surface area contributed by atoms with E-state index in [4.69, 9.17) is 5.73 Å². The molecule has 1 nitrogen and oxygen atoms in total. The normalized spacial score (nSPS) is 35.9. The summed E-state index contributed by atoms with van der Waals surface area (Å²) in [7, 11) is 0. The number of hydrogen-bond donors (Lipinski definition) is 1. The summed E-state index contributed by atoms with van der Waals surface area (Å²) in [6.45, 7) is 0. The van der Waals surface area contributed by atoms with E-state index in [1.807, 2.05) is 0 Å². The average molecular weight is 173 g/mol. The summed E-state index contributed by atoms with van der Waals surface area (Å²) in [5, 5.41) is 0. The third kappa shape index (κ3) is 0.969. The van der Waals surface area contributed by atoms with Crippen LogP contribution in [0.3, 0.4) is 0 Å². The highest BCUT2D eigenvalue weighted by Gasteiger charge is 2.39. The van der Waals surface area contributed by atoms with Gasteiger partial charge in [0.15, 0.2) is 0 Å². The number of fused-ring (bicyclic) bond motifs is 4. The molecule has 1 aromatic carbocycles. The van der Waals surface area contributed by atoms with Crippen LogP contribution >= 0.6 is 0 Å². The molecule has 0 spiro atoms. The molecule has 2 aliphatic rings. The molecular formula is C12H15N. The summed E-state index contributed by atoms with van der Waals surface area (Å²) in [5.74, 6) is 1.43. The van der Waals surface area contributed by atoms with Gasteiger partial charge >= 0.3 is 0 Å². The van der Waals surface area contributed by atoms with Gasteiger partial charge in [-0.25, -0.2) is 0 Å². The van der Waals surface area contributed by atoms with E-state index in [1.165, 1.54) is 24.8 Å². The highest BCUT2D eigenvalue weighted by molar-refractivity contribution is 5.36. The van der Waals surface area contributed by atoms with Gasteiger partial charge in [-0.05, 0) is 42.2 Å². The van der Waals surface area contributed by atoms with Crippen LogP contribution in [0.4, 0.5) is 0 Å². The van der Waals surface area contributed by atoms with E-state index in [9.17, 15) is 0 Å². The standard InChI is InChI=1S/C12H15N/c13-12-9-5-6-11(12)10-4-2-1-3-8(10)7-9/h1-4,9,11-12H,5-7,13H2/t9-,11+,12+/m0/s1. The molecule has 0 heterocycles. The average Bonchev–Trinajstić information content (AvgIpc) is 2.43. The fraction of sp³-hybridized carbons (Fsp3) is 0.500. The molecule has 13 heavy (non-hydrogen) atoms. The molecule has 0 unspecified atom stereocenters. The molecule has 0 radical (unpaired) electrons. The largest absolute Gasteiger partial charge is 0.327 e. The predicted molar refractivity (Wildman–Crippen MR) is 53.6 cm³/mol. The second kappa shape index (κ2) is 2.58. The van der Waals surface area contributed by atoms with Gasteiger partial charge < -0.3 is 5.73 Å². The lowest BCUT2D eigenvalue weighted by molar-refractivity contribution is 0.434. The lowest BCUT2D eigenvalue weighted by Crippen LogP contribution is -2.35. The molecule has 68 valence electrons. The lowest BCUT2D eigenvalue weighted by Gasteiger charge is -2.29. The minimum Gasteiger partial charge on any atom is -0.327 e.